The zero-order valence-corrected chi connectivity index (χ0v) is 16.6. The van der Waals surface area contributed by atoms with E-state index in [-0.39, 0.29) is 16.7 Å². The lowest BCUT2D eigenvalue weighted by molar-refractivity contribution is 0.0646. The number of amides is 1. The number of aryl methyl sites for hydroxylation is 1. The monoisotopic (exact) mass is 405 g/mol. The maximum Gasteiger partial charge on any atom is 0.289 e. The van der Waals surface area contributed by atoms with E-state index in [1.165, 1.54) is 6.07 Å². The SMILES string of the molecule is COc1ccc2c(c1)N[C@@H](C1CCN(C(=O)c3ccc(C)o3)CC1)NS2(=O)=O. The van der Waals surface area contributed by atoms with Crippen LogP contribution in [0.4, 0.5) is 5.69 Å². The standard InChI is InChI=1S/C19H23N3O5S/c1-12-3-5-16(27-12)19(23)22-9-7-13(8-10-22)18-20-15-11-14(26-2)4-6-17(15)28(24,25)21-18/h3-6,11,13,18,20-21H,7-10H2,1-2H3/t18-/m1/s1. The quantitative estimate of drug-likeness (QED) is 0.812. The van der Waals surface area contributed by atoms with Crippen LogP contribution in [0.5, 0.6) is 5.75 Å². The Morgan fingerprint density at radius 2 is 1.96 bits per heavy atom. The zero-order chi connectivity index (χ0) is 19.9. The normalized spacial score (nSPS) is 21.6. The first-order valence-electron chi connectivity index (χ1n) is 9.20. The molecule has 0 radical (unpaired) electrons. The fourth-order valence-corrected chi connectivity index (χ4v) is 5.13. The molecular formula is C19H23N3O5S. The van der Waals surface area contributed by atoms with E-state index in [1.807, 2.05) is 0 Å². The maximum absolute atomic E-state index is 12.6. The summed E-state index contributed by atoms with van der Waals surface area (Å²) in [7, 11) is -2.06. The number of fused-ring (bicyclic) bond motifs is 1. The molecular weight excluding hydrogens is 382 g/mol. The van der Waals surface area contributed by atoms with Crippen LogP contribution in [0.3, 0.4) is 0 Å². The van der Waals surface area contributed by atoms with Crippen LogP contribution in [-0.2, 0) is 10.0 Å². The van der Waals surface area contributed by atoms with Crippen molar-refractivity contribution in [3.8, 4) is 5.75 Å². The molecule has 0 unspecified atom stereocenters. The molecule has 1 aromatic carbocycles. The van der Waals surface area contributed by atoms with Crippen LogP contribution in [0.1, 0.15) is 29.2 Å². The van der Waals surface area contributed by atoms with Crippen molar-refractivity contribution in [2.45, 2.75) is 30.8 Å². The minimum absolute atomic E-state index is 0.0662. The molecule has 28 heavy (non-hydrogen) atoms. The Morgan fingerprint density at radius 3 is 2.61 bits per heavy atom. The minimum atomic E-state index is -3.60. The fourth-order valence-electron chi connectivity index (χ4n) is 3.77. The number of likely N-dealkylation sites (tertiary alicyclic amines) is 1. The van der Waals surface area contributed by atoms with Crippen LogP contribution in [0.25, 0.3) is 0 Å². The van der Waals surface area contributed by atoms with Gasteiger partial charge in [0.1, 0.15) is 16.4 Å². The molecule has 0 saturated carbocycles. The first kappa shape index (κ1) is 18.8. The summed E-state index contributed by atoms with van der Waals surface area (Å²) in [6, 6.07) is 8.31. The number of hydrogen-bond acceptors (Lipinski definition) is 6. The van der Waals surface area contributed by atoms with Crippen LogP contribution >= 0.6 is 0 Å². The number of rotatable bonds is 3. The van der Waals surface area contributed by atoms with Gasteiger partial charge < -0.3 is 19.4 Å². The van der Waals surface area contributed by atoms with E-state index in [0.29, 0.717) is 48.9 Å². The molecule has 4 rings (SSSR count). The van der Waals surface area contributed by atoms with Gasteiger partial charge in [-0.25, -0.2) is 8.42 Å². The van der Waals surface area contributed by atoms with E-state index in [1.54, 1.807) is 43.2 Å². The number of nitrogens with zero attached hydrogens (tertiary/aromatic N) is 1. The molecule has 1 saturated heterocycles. The van der Waals surface area contributed by atoms with Crippen LogP contribution in [-0.4, -0.2) is 45.6 Å². The zero-order valence-electron chi connectivity index (χ0n) is 15.8. The second-order valence-electron chi connectivity index (χ2n) is 7.15. The first-order valence-corrected chi connectivity index (χ1v) is 10.7. The van der Waals surface area contributed by atoms with E-state index < -0.39 is 16.2 Å². The largest absolute Gasteiger partial charge is 0.497 e. The lowest BCUT2D eigenvalue weighted by atomic mass is 9.93. The van der Waals surface area contributed by atoms with Crippen molar-refractivity contribution >= 4 is 21.6 Å². The topological polar surface area (TPSA) is 101 Å². The van der Waals surface area contributed by atoms with Gasteiger partial charge in [-0.1, -0.05) is 0 Å². The average Bonchev–Trinajstić information content (AvgIpc) is 3.12. The molecule has 0 spiro atoms. The molecule has 2 aromatic rings. The summed E-state index contributed by atoms with van der Waals surface area (Å²) in [5.74, 6) is 1.58. The maximum atomic E-state index is 12.6. The van der Waals surface area contributed by atoms with Gasteiger partial charge in [0.2, 0.25) is 10.0 Å². The Hall–Kier alpha value is -2.52. The summed E-state index contributed by atoms with van der Waals surface area (Å²) in [4.78, 5) is 14.5. The van der Waals surface area contributed by atoms with Gasteiger partial charge in [-0.15, -0.1) is 0 Å². The second-order valence-corrected chi connectivity index (χ2v) is 8.83. The molecule has 1 aromatic heterocycles. The van der Waals surface area contributed by atoms with Crippen molar-refractivity contribution in [3.63, 3.8) is 0 Å². The predicted octanol–water partition coefficient (Wildman–Crippen LogP) is 2.18. The van der Waals surface area contributed by atoms with Crippen molar-refractivity contribution in [2.24, 2.45) is 5.92 Å². The summed E-state index contributed by atoms with van der Waals surface area (Å²) in [6.07, 6.45) is 0.947. The Kier molecular flexibility index (Phi) is 4.80. The van der Waals surface area contributed by atoms with Crippen LogP contribution in [0, 0.1) is 12.8 Å². The number of nitrogens with one attached hydrogen (secondary N) is 2. The van der Waals surface area contributed by atoms with E-state index in [4.69, 9.17) is 9.15 Å². The highest BCUT2D eigenvalue weighted by atomic mass is 32.2. The molecule has 0 bridgehead atoms. The Labute approximate surface area is 163 Å². The number of sulfonamides is 1. The summed E-state index contributed by atoms with van der Waals surface area (Å²) < 4.78 is 38.6. The van der Waals surface area contributed by atoms with Gasteiger partial charge in [-0.3, -0.25) is 4.79 Å². The molecule has 1 fully saturated rings. The highest BCUT2D eigenvalue weighted by Crippen LogP contribution is 2.33. The number of furan rings is 1. The average molecular weight is 405 g/mol. The van der Waals surface area contributed by atoms with E-state index in [9.17, 15) is 13.2 Å². The second kappa shape index (κ2) is 7.14. The van der Waals surface area contributed by atoms with Gasteiger partial charge in [0, 0.05) is 19.2 Å². The molecule has 3 heterocycles. The third-order valence-electron chi connectivity index (χ3n) is 5.32. The number of carbonyl (C=O) groups is 1. The molecule has 8 nitrogen and oxygen atoms in total. The Bertz CT molecular complexity index is 993. The van der Waals surface area contributed by atoms with Gasteiger partial charge in [-0.2, -0.15) is 4.72 Å². The molecule has 0 aliphatic carbocycles. The van der Waals surface area contributed by atoms with Gasteiger partial charge >= 0.3 is 0 Å². The Balaban J connectivity index is 1.45. The summed E-state index contributed by atoms with van der Waals surface area (Å²) in [6.45, 7) is 2.90. The van der Waals surface area contributed by atoms with E-state index in [0.717, 1.165) is 0 Å². The van der Waals surface area contributed by atoms with Crippen molar-refractivity contribution < 1.29 is 22.4 Å². The number of methoxy groups -OCH3 is 1. The minimum Gasteiger partial charge on any atom is -0.497 e. The number of anilines is 1. The van der Waals surface area contributed by atoms with Crippen LogP contribution < -0.4 is 14.8 Å². The van der Waals surface area contributed by atoms with Gasteiger partial charge in [0.15, 0.2) is 5.76 Å². The van der Waals surface area contributed by atoms with Crippen molar-refractivity contribution in [1.29, 1.82) is 0 Å². The predicted molar refractivity (Wildman–Crippen MR) is 103 cm³/mol. The van der Waals surface area contributed by atoms with E-state index >= 15 is 0 Å². The van der Waals surface area contributed by atoms with Crippen LogP contribution in [0.15, 0.2) is 39.6 Å². The van der Waals surface area contributed by atoms with Gasteiger partial charge in [0.25, 0.3) is 5.91 Å². The number of hydrogen-bond donors (Lipinski definition) is 2. The molecule has 150 valence electrons. The third kappa shape index (κ3) is 3.47. The molecule has 1 amide bonds. The van der Waals surface area contributed by atoms with Crippen molar-refractivity contribution in [1.82, 2.24) is 9.62 Å². The molecule has 2 N–H and O–H groups in total. The smallest absolute Gasteiger partial charge is 0.289 e. The number of carbonyl (C=O) groups excluding carboxylic acids is 1. The van der Waals surface area contributed by atoms with Crippen molar-refractivity contribution in [2.75, 3.05) is 25.5 Å². The third-order valence-corrected chi connectivity index (χ3v) is 6.82. The summed E-state index contributed by atoms with van der Waals surface area (Å²) in [5, 5.41) is 3.28. The molecule has 1 atom stereocenters. The number of ether oxygens (including phenoxy) is 1. The Morgan fingerprint density at radius 1 is 1.21 bits per heavy atom. The van der Waals surface area contributed by atoms with Crippen molar-refractivity contribution in [3.05, 3.63) is 41.9 Å². The van der Waals surface area contributed by atoms with Gasteiger partial charge in [-0.05, 0) is 49.9 Å². The highest BCUT2D eigenvalue weighted by Gasteiger charge is 2.36. The lowest BCUT2D eigenvalue weighted by Gasteiger charge is -2.38. The van der Waals surface area contributed by atoms with Gasteiger partial charge in [0.05, 0.1) is 19.0 Å². The number of benzene rings is 1. The molecule has 9 heteroatoms. The first-order chi connectivity index (χ1) is 13.4. The van der Waals surface area contributed by atoms with Crippen LogP contribution in [0.2, 0.25) is 0 Å². The summed E-state index contributed by atoms with van der Waals surface area (Å²) >= 11 is 0. The molecule has 2 aliphatic rings. The van der Waals surface area contributed by atoms with E-state index in [2.05, 4.69) is 10.0 Å². The summed E-state index contributed by atoms with van der Waals surface area (Å²) in [5.41, 5.74) is 0.535. The molecule has 2 aliphatic heterocycles. The lowest BCUT2D eigenvalue weighted by Crippen LogP contribution is -2.52. The number of piperidine rings is 1. The highest BCUT2D eigenvalue weighted by molar-refractivity contribution is 7.89. The fraction of sp³-hybridized carbons (Fsp3) is 0.421.